The van der Waals surface area contributed by atoms with Gasteiger partial charge >= 0.3 is 0 Å². The van der Waals surface area contributed by atoms with Crippen molar-refractivity contribution in [3.05, 3.63) is 39.8 Å². The number of thioether (sulfide) groups is 1. The van der Waals surface area contributed by atoms with Gasteiger partial charge in [-0.15, -0.1) is 11.8 Å². The molecule has 0 aromatic heterocycles. The highest BCUT2D eigenvalue weighted by Crippen LogP contribution is 2.63. The average molecular weight is 457 g/mol. The zero-order valence-corrected chi connectivity index (χ0v) is 23.0. The first-order valence-corrected chi connectivity index (χ1v) is 16.8. The molecule has 3 aliphatic rings. The van der Waals surface area contributed by atoms with Gasteiger partial charge in [0, 0.05) is 0 Å². The molecule has 31 heavy (non-hydrogen) atoms. The smallest absolute Gasteiger partial charge is 0.250 e. The summed E-state index contributed by atoms with van der Waals surface area (Å²) < 4.78 is 6.85. The van der Waals surface area contributed by atoms with E-state index in [1.807, 2.05) is 11.8 Å². The van der Waals surface area contributed by atoms with Crippen LogP contribution in [-0.4, -0.2) is 14.6 Å². The molecule has 1 aromatic carbocycles. The molecule has 0 aliphatic heterocycles. The van der Waals surface area contributed by atoms with Gasteiger partial charge in [0.2, 0.25) is 8.32 Å². The van der Waals surface area contributed by atoms with E-state index in [0.29, 0.717) is 5.41 Å². The van der Waals surface area contributed by atoms with Crippen molar-refractivity contribution in [3.63, 3.8) is 0 Å². The molecule has 0 amide bonds. The maximum absolute atomic E-state index is 6.85. The Hall–Kier alpha value is -0.673. The Morgan fingerprint density at radius 2 is 1.90 bits per heavy atom. The first kappa shape index (κ1) is 23.5. The van der Waals surface area contributed by atoms with E-state index in [-0.39, 0.29) is 5.04 Å². The van der Waals surface area contributed by atoms with Crippen LogP contribution in [0.4, 0.5) is 0 Å². The Balaban J connectivity index is 1.66. The lowest BCUT2D eigenvalue weighted by atomic mass is 9.55. The van der Waals surface area contributed by atoms with Gasteiger partial charge in [-0.1, -0.05) is 46.3 Å². The van der Waals surface area contributed by atoms with E-state index in [4.69, 9.17) is 4.43 Å². The van der Waals surface area contributed by atoms with Gasteiger partial charge in [0.05, 0.1) is 0 Å². The van der Waals surface area contributed by atoms with E-state index in [1.165, 1.54) is 49.8 Å². The summed E-state index contributed by atoms with van der Waals surface area (Å²) in [5, 5.41) is 2.72. The van der Waals surface area contributed by atoms with Gasteiger partial charge in [-0.25, -0.2) is 0 Å². The normalized spacial score (nSPS) is 31.9. The third kappa shape index (κ3) is 3.96. The predicted molar refractivity (Wildman–Crippen MR) is 140 cm³/mol. The fourth-order valence-electron chi connectivity index (χ4n) is 6.63. The van der Waals surface area contributed by atoms with Crippen molar-refractivity contribution in [3.8, 4) is 5.75 Å². The summed E-state index contributed by atoms with van der Waals surface area (Å²) in [7, 11) is -1.82. The molecule has 0 bridgehead atoms. The van der Waals surface area contributed by atoms with Crippen molar-refractivity contribution in [2.45, 2.75) is 104 Å². The van der Waals surface area contributed by atoms with Crippen molar-refractivity contribution in [2.24, 2.45) is 17.3 Å². The van der Waals surface area contributed by atoms with Crippen LogP contribution < -0.4 is 4.43 Å². The molecule has 3 aliphatic carbocycles. The largest absolute Gasteiger partial charge is 0.543 e. The van der Waals surface area contributed by atoms with Gasteiger partial charge in [0.1, 0.15) is 5.75 Å². The Bertz CT molecular complexity index is 864. The number of hydrogen-bond donors (Lipinski definition) is 0. The molecular formula is C28H44OSSi. The average Bonchev–Trinajstić information content (AvgIpc) is 3.03. The molecule has 0 unspecified atom stereocenters. The van der Waals surface area contributed by atoms with Crippen molar-refractivity contribution >= 4 is 20.1 Å². The topological polar surface area (TPSA) is 9.23 Å². The van der Waals surface area contributed by atoms with Crippen LogP contribution in [0, 0.1) is 17.3 Å². The minimum atomic E-state index is -1.82. The Kier molecular flexibility index (Phi) is 6.27. The monoisotopic (exact) mass is 456 g/mol. The van der Waals surface area contributed by atoms with Crippen molar-refractivity contribution in [1.29, 1.82) is 0 Å². The van der Waals surface area contributed by atoms with Crippen LogP contribution in [0.15, 0.2) is 23.1 Å². The third-order valence-electron chi connectivity index (χ3n) is 9.57. The first-order chi connectivity index (χ1) is 14.5. The minimum absolute atomic E-state index is 0.233. The zero-order chi connectivity index (χ0) is 22.6. The lowest BCUT2D eigenvalue weighted by Gasteiger charge is -2.50. The highest BCUT2D eigenvalue weighted by atomic mass is 32.2. The molecule has 0 N–H and O–H groups in total. The van der Waals surface area contributed by atoms with Gasteiger partial charge in [-0.2, -0.15) is 0 Å². The number of fused-ring (bicyclic) bond motifs is 5. The van der Waals surface area contributed by atoms with E-state index in [9.17, 15) is 0 Å². The lowest BCUT2D eigenvalue weighted by Crippen LogP contribution is -2.44. The number of rotatable bonds is 4. The maximum atomic E-state index is 6.85. The van der Waals surface area contributed by atoms with Crippen LogP contribution in [0.25, 0.3) is 0 Å². The second-order valence-corrected chi connectivity index (χ2v) is 17.6. The fraction of sp³-hybridized carbons (Fsp3) is 0.714. The predicted octanol–water partition coefficient (Wildman–Crippen LogP) is 8.74. The van der Waals surface area contributed by atoms with Gasteiger partial charge in [0.25, 0.3) is 0 Å². The molecule has 2 saturated carbocycles. The summed E-state index contributed by atoms with van der Waals surface area (Å²) >= 11 is 1.91. The van der Waals surface area contributed by atoms with Crippen LogP contribution in [0.1, 0.15) is 89.3 Å². The van der Waals surface area contributed by atoms with E-state index in [0.717, 1.165) is 24.2 Å². The number of allylic oxidation sites excluding steroid dienone is 1. The van der Waals surface area contributed by atoms with Gasteiger partial charge in [-0.05, 0) is 121 Å². The molecule has 3 heteroatoms. The molecule has 1 nitrogen and oxygen atoms in total. The lowest BCUT2D eigenvalue weighted by molar-refractivity contribution is 0.0815. The second-order valence-electron chi connectivity index (χ2n) is 12.2. The van der Waals surface area contributed by atoms with Gasteiger partial charge in [0.15, 0.2) is 0 Å². The third-order valence-corrected chi connectivity index (χ3v) is 14.4. The molecule has 2 fully saturated rings. The van der Waals surface area contributed by atoms with Crippen LogP contribution in [0.3, 0.4) is 0 Å². The minimum Gasteiger partial charge on any atom is -0.543 e. The highest BCUT2D eigenvalue weighted by Gasteiger charge is 2.52. The molecule has 4 atom stereocenters. The molecule has 0 saturated heterocycles. The summed E-state index contributed by atoms with van der Waals surface area (Å²) in [5.41, 5.74) is 6.92. The fourth-order valence-corrected chi connectivity index (χ4v) is 8.35. The number of benzene rings is 1. The molecule has 4 rings (SSSR count). The standard InChI is InChI=1S/C28H44OSSi/c1-9-19-16-24-20(17-26(19)29-31(7,8)27(2,3)4)10-12-23-22(24)14-15-28(5)21(18-30-6)11-13-25(23)28/h16-18,22-23,25H,9-15H2,1-8H3/b21-18+/t22-,23+,25-,28+/m0/s1. The van der Waals surface area contributed by atoms with Gasteiger partial charge < -0.3 is 4.43 Å². The van der Waals surface area contributed by atoms with E-state index in [1.54, 1.807) is 16.7 Å². The van der Waals surface area contributed by atoms with E-state index >= 15 is 0 Å². The molecule has 0 radical (unpaired) electrons. The summed E-state index contributed by atoms with van der Waals surface area (Å²) in [6, 6.07) is 5.04. The quantitative estimate of drug-likeness (QED) is 0.419. The van der Waals surface area contributed by atoms with Crippen LogP contribution in [0.2, 0.25) is 18.1 Å². The number of aryl methyl sites for hydroxylation is 2. The number of hydrogen-bond acceptors (Lipinski definition) is 2. The molecule has 1 aromatic rings. The van der Waals surface area contributed by atoms with E-state index in [2.05, 4.69) is 71.5 Å². The summed E-state index contributed by atoms with van der Waals surface area (Å²) in [6.07, 6.45) is 11.4. The molecule has 0 heterocycles. The van der Waals surface area contributed by atoms with Gasteiger partial charge in [-0.3, -0.25) is 0 Å². The Labute approximate surface area is 196 Å². The Morgan fingerprint density at radius 1 is 1.16 bits per heavy atom. The summed E-state index contributed by atoms with van der Waals surface area (Å²) in [6.45, 7) is 16.7. The van der Waals surface area contributed by atoms with Crippen LogP contribution in [-0.2, 0) is 12.8 Å². The van der Waals surface area contributed by atoms with Crippen LogP contribution >= 0.6 is 11.8 Å². The van der Waals surface area contributed by atoms with Crippen molar-refractivity contribution in [1.82, 2.24) is 0 Å². The summed E-state index contributed by atoms with van der Waals surface area (Å²) in [5.74, 6) is 3.71. The zero-order valence-electron chi connectivity index (χ0n) is 21.2. The highest BCUT2D eigenvalue weighted by molar-refractivity contribution is 8.01. The summed E-state index contributed by atoms with van der Waals surface area (Å²) in [4.78, 5) is 0. The molecular weight excluding hydrogens is 412 g/mol. The SMILES string of the molecule is CCc1cc2c(cc1O[Si](C)(C)C(C)(C)C)CC[C@@H]1[C@@H]2CC[C@]2(C)/C(=C/SC)CC[C@@H]12. The molecule has 0 spiro atoms. The molecule has 172 valence electrons. The van der Waals surface area contributed by atoms with Crippen LogP contribution in [0.5, 0.6) is 5.75 Å². The van der Waals surface area contributed by atoms with E-state index < -0.39 is 8.32 Å². The Morgan fingerprint density at radius 3 is 2.55 bits per heavy atom. The first-order valence-electron chi connectivity index (χ1n) is 12.6. The van der Waals surface area contributed by atoms with Crippen molar-refractivity contribution < 1.29 is 4.43 Å². The maximum Gasteiger partial charge on any atom is 0.250 e. The van der Waals surface area contributed by atoms with Crippen molar-refractivity contribution in [2.75, 3.05) is 6.26 Å². The second kappa shape index (κ2) is 8.28.